The molecule has 0 amide bonds. The molecule has 29 heavy (non-hydrogen) atoms. The van der Waals surface area contributed by atoms with Crippen LogP contribution in [0.3, 0.4) is 0 Å². The Kier molecular flexibility index (Phi) is 6.89. The molecule has 0 saturated carbocycles. The highest BCUT2D eigenvalue weighted by atomic mass is 35.5. The van der Waals surface area contributed by atoms with Crippen LogP contribution in [0.5, 0.6) is 0 Å². The number of rotatable bonds is 2. The van der Waals surface area contributed by atoms with Crippen LogP contribution in [-0.2, 0) is 12.8 Å². The lowest BCUT2D eigenvalue weighted by Gasteiger charge is -2.09. The number of pyridine rings is 1. The van der Waals surface area contributed by atoms with Gasteiger partial charge in [0.25, 0.3) is 0 Å². The van der Waals surface area contributed by atoms with Gasteiger partial charge in [-0.25, -0.2) is 15.0 Å². The molecule has 0 radical (unpaired) electrons. The van der Waals surface area contributed by atoms with Crippen molar-refractivity contribution in [2.75, 3.05) is 11.5 Å². The smallest absolute Gasteiger partial charge is 0.161 e. The number of benzene rings is 1. The summed E-state index contributed by atoms with van der Waals surface area (Å²) in [4.78, 5) is 13.4. The van der Waals surface area contributed by atoms with Gasteiger partial charge in [-0.1, -0.05) is 24.3 Å². The summed E-state index contributed by atoms with van der Waals surface area (Å²) in [6.07, 6.45) is 3.54. The first kappa shape index (κ1) is 22.7. The number of nitrogens with zero attached hydrogens (tertiary/aromatic N) is 4. The van der Waals surface area contributed by atoms with Gasteiger partial charge in [0.1, 0.15) is 23.2 Å². The predicted molar refractivity (Wildman–Crippen MR) is 122 cm³/mol. The predicted octanol–water partition coefficient (Wildman–Crippen LogP) is 3.73. The number of nitrogens with one attached hydrogen (secondary N) is 1. The van der Waals surface area contributed by atoms with Gasteiger partial charge in [-0.2, -0.15) is 5.10 Å². The van der Waals surface area contributed by atoms with Crippen molar-refractivity contribution in [1.29, 1.82) is 0 Å². The molecule has 3 aromatic heterocycles. The maximum absolute atomic E-state index is 6.29. The highest BCUT2D eigenvalue weighted by Gasteiger charge is 2.26. The van der Waals surface area contributed by atoms with Gasteiger partial charge in [0.15, 0.2) is 5.65 Å². The summed E-state index contributed by atoms with van der Waals surface area (Å²) < 4.78 is 0. The van der Waals surface area contributed by atoms with Crippen molar-refractivity contribution in [3.05, 3.63) is 59.5 Å². The normalized spacial score (nSPS) is 12.6. The van der Waals surface area contributed by atoms with Crippen LogP contribution in [0.1, 0.15) is 22.9 Å². The van der Waals surface area contributed by atoms with E-state index in [1.807, 2.05) is 6.07 Å². The average molecular weight is 453 g/mol. The van der Waals surface area contributed by atoms with E-state index in [2.05, 4.69) is 44.4 Å². The van der Waals surface area contributed by atoms with E-state index in [1.54, 1.807) is 12.3 Å². The van der Waals surface area contributed by atoms with E-state index in [4.69, 9.17) is 16.5 Å². The van der Waals surface area contributed by atoms with E-state index in [0.29, 0.717) is 23.0 Å². The first-order valence-electron chi connectivity index (χ1n) is 8.49. The molecule has 0 unspecified atom stereocenters. The Morgan fingerprint density at radius 1 is 0.897 bits per heavy atom. The Morgan fingerprint density at radius 2 is 1.59 bits per heavy atom. The minimum atomic E-state index is 0. The van der Waals surface area contributed by atoms with Crippen LogP contribution in [0.4, 0.5) is 11.6 Å². The monoisotopic (exact) mass is 451 g/mol. The van der Waals surface area contributed by atoms with Gasteiger partial charge in [-0.05, 0) is 36.1 Å². The average Bonchev–Trinajstić information content (AvgIpc) is 3.26. The molecule has 1 aliphatic carbocycles. The molecule has 5 rings (SSSR count). The fraction of sp³-hybridized carbons (Fsp3) is 0.158. The van der Waals surface area contributed by atoms with Crippen molar-refractivity contribution in [2.24, 2.45) is 0 Å². The summed E-state index contributed by atoms with van der Waals surface area (Å²) in [6, 6.07) is 12.1. The number of halogens is 3. The maximum Gasteiger partial charge on any atom is 0.161 e. The summed E-state index contributed by atoms with van der Waals surface area (Å²) in [5.74, 6) is 1.89. The number of nitrogens with two attached hydrogens (primary N) is 2. The van der Waals surface area contributed by atoms with Gasteiger partial charge in [0.05, 0.1) is 5.39 Å². The zero-order valence-electron chi connectivity index (χ0n) is 15.2. The summed E-state index contributed by atoms with van der Waals surface area (Å²) in [5.41, 5.74) is 16.8. The first-order valence-corrected chi connectivity index (χ1v) is 8.49. The van der Waals surface area contributed by atoms with Gasteiger partial charge >= 0.3 is 0 Å². The van der Waals surface area contributed by atoms with Crippen LogP contribution in [0, 0.1) is 0 Å². The van der Waals surface area contributed by atoms with E-state index in [0.717, 1.165) is 29.6 Å². The number of H-pyrrole nitrogens is 1. The molecule has 1 aliphatic rings. The standard InChI is InChI=1S/C19H17N7.3ClH/c20-14-6-5-12(9-22-14)16-15-17(21)23-18(24-19(15)26-25-16)13-7-10-3-1-2-4-11(10)8-13;;;/h1-6,9,13H,7-8H2,(H2,20,22)(H3,21,23,24,25,26);3*1H. The molecule has 152 valence electrons. The molecule has 4 aromatic rings. The molecule has 0 aliphatic heterocycles. The highest BCUT2D eigenvalue weighted by Crippen LogP contribution is 2.35. The van der Waals surface area contributed by atoms with Crippen molar-refractivity contribution >= 4 is 59.9 Å². The maximum atomic E-state index is 6.29. The summed E-state index contributed by atoms with van der Waals surface area (Å²) in [5, 5.41) is 8.08. The molecule has 0 spiro atoms. The van der Waals surface area contributed by atoms with Crippen LogP contribution in [0.15, 0.2) is 42.6 Å². The molecule has 0 saturated heterocycles. The van der Waals surface area contributed by atoms with Gasteiger partial charge < -0.3 is 11.5 Å². The summed E-state index contributed by atoms with van der Waals surface area (Å²) in [6.45, 7) is 0. The fourth-order valence-electron chi connectivity index (χ4n) is 3.65. The number of hydrogen-bond acceptors (Lipinski definition) is 6. The van der Waals surface area contributed by atoms with E-state index < -0.39 is 0 Å². The lowest BCUT2D eigenvalue weighted by molar-refractivity contribution is 0.687. The van der Waals surface area contributed by atoms with E-state index in [1.165, 1.54) is 11.1 Å². The van der Waals surface area contributed by atoms with Gasteiger partial charge in [-0.3, -0.25) is 5.10 Å². The van der Waals surface area contributed by atoms with E-state index in [9.17, 15) is 0 Å². The third-order valence-corrected chi connectivity index (χ3v) is 4.94. The van der Waals surface area contributed by atoms with Crippen molar-refractivity contribution in [2.45, 2.75) is 18.8 Å². The van der Waals surface area contributed by atoms with Crippen LogP contribution < -0.4 is 11.5 Å². The molecule has 3 heterocycles. The summed E-state index contributed by atoms with van der Waals surface area (Å²) >= 11 is 0. The van der Waals surface area contributed by atoms with Crippen LogP contribution in [0.25, 0.3) is 22.3 Å². The summed E-state index contributed by atoms with van der Waals surface area (Å²) in [7, 11) is 0. The molecular weight excluding hydrogens is 433 g/mol. The fourth-order valence-corrected chi connectivity index (χ4v) is 3.65. The second kappa shape index (κ2) is 8.82. The molecule has 0 atom stereocenters. The van der Waals surface area contributed by atoms with Gasteiger partial charge in [0.2, 0.25) is 0 Å². The molecule has 0 fully saturated rings. The molecule has 7 nitrogen and oxygen atoms in total. The molecule has 5 N–H and O–H groups in total. The zero-order chi connectivity index (χ0) is 17.7. The molecule has 0 bridgehead atoms. The third kappa shape index (κ3) is 3.94. The number of aromatic nitrogens is 5. The minimum absolute atomic E-state index is 0. The second-order valence-electron chi connectivity index (χ2n) is 6.61. The lowest BCUT2D eigenvalue weighted by atomic mass is 10.1. The van der Waals surface area contributed by atoms with Crippen molar-refractivity contribution in [3.63, 3.8) is 0 Å². The van der Waals surface area contributed by atoms with E-state index in [-0.39, 0.29) is 43.1 Å². The van der Waals surface area contributed by atoms with Crippen LogP contribution in [-0.4, -0.2) is 25.1 Å². The number of fused-ring (bicyclic) bond motifs is 2. The third-order valence-electron chi connectivity index (χ3n) is 4.94. The van der Waals surface area contributed by atoms with E-state index >= 15 is 0 Å². The Bertz CT molecular complexity index is 1100. The molecule has 10 heteroatoms. The Balaban J connectivity index is 0.000001000. The number of nitrogen functional groups attached to an aromatic ring is 2. The molecule has 1 aromatic carbocycles. The Hall–Kier alpha value is -2.61. The largest absolute Gasteiger partial charge is 0.384 e. The van der Waals surface area contributed by atoms with Gasteiger partial charge in [-0.15, -0.1) is 37.2 Å². The van der Waals surface area contributed by atoms with Crippen LogP contribution >= 0.6 is 37.2 Å². The SMILES string of the molecule is Cl.Cl.Cl.Nc1ccc(-c2n[nH]c3nc(C4Cc5ccccc5C4)nc(N)c23)cn1. The second-order valence-corrected chi connectivity index (χ2v) is 6.61. The molecular formula is C19H20Cl3N7. The topological polar surface area (TPSA) is 119 Å². The first-order chi connectivity index (χ1) is 12.7. The highest BCUT2D eigenvalue weighted by molar-refractivity contribution is 5.97. The number of aromatic amines is 1. The lowest BCUT2D eigenvalue weighted by Crippen LogP contribution is -2.07. The quantitative estimate of drug-likeness (QED) is 0.426. The number of anilines is 2. The van der Waals surface area contributed by atoms with Crippen molar-refractivity contribution in [3.8, 4) is 11.3 Å². The van der Waals surface area contributed by atoms with Crippen molar-refractivity contribution in [1.82, 2.24) is 25.1 Å². The number of hydrogen-bond donors (Lipinski definition) is 3. The zero-order valence-corrected chi connectivity index (χ0v) is 17.7. The van der Waals surface area contributed by atoms with Crippen LogP contribution in [0.2, 0.25) is 0 Å². The Morgan fingerprint density at radius 3 is 2.21 bits per heavy atom. The minimum Gasteiger partial charge on any atom is -0.384 e. The van der Waals surface area contributed by atoms with Crippen molar-refractivity contribution < 1.29 is 0 Å². The van der Waals surface area contributed by atoms with Gasteiger partial charge in [0, 0.05) is 17.7 Å². The Labute approximate surface area is 186 Å².